The number of ether oxygens (including phenoxy) is 3. The van der Waals surface area contributed by atoms with Crippen LogP contribution in [0.15, 0.2) is 42.5 Å². The molecule has 7 heteroatoms. The fraction of sp³-hybridized carbons (Fsp3) is 0.167. The van der Waals surface area contributed by atoms with Gasteiger partial charge in [0.15, 0.2) is 12.4 Å². The minimum atomic E-state index is -0.564. The maximum atomic E-state index is 12.4. The molecule has 0 aliphatic heterocycles. The van der Waals surface area contributed by atoms with Crippen molar-refractivity contribution in [3.8, 4) is 11.5 Å². The summed E-state index contributed by atoms with van der Waals surface area (Å²) in [6.07, 6.45) is 0. The third-order valence-corrected chi connectivity index (χ3v) is 3.64. The van der Waals surface area contributed by atoms with Gasteiger partial charge in [-0.1, -0.05) is 12.1 Å². The van der Waals surface area contributed by atoms with Gasteiger partial charge in [-0.05, 0) is 30.3 Å². The Morgan fingerprint density at radius 2 is 1.88 bits per heavy atom. The average molecular weight is 339 g/mol. The number of nitrogens with zero attached hydrogens (tertiary/aromatic N) is 2. The third-order valence-electron chi connectivity index (χ3n) is 3.64. The van der Waals surface area contributed by atoms with Crippen LogP contribution in [-0.4, -0.2) is 30.2 Å². The summed E-state index contributed by atoms with van der Waals surface area (Å²) in [5.74, 6) is 1.02. The topological polar surface area (TPSA) is 96.6 Å². The van der Waals surface area contributed by atoms with Crippen molar-refractivity contribution < 1.29 is 19.0 Å². The molecule has 0 fully saturated rings. The number of hydrogen-bond acceptors (Lipinski definition) is 7. The van der Waals surface area contributed by atoms with Crippen molar-refractivity contribution >= 4 is 22.7 Å². The van der Waals surface area contributed by atoms with Crippen LogP contribution >= 0.6 is 0 Å². The van der Waals surface area contributed by atoms with Crippen LogP contribution in [0.1, 0.15) is 16.2 Å². The number of aromatic nitrogens is 2. The molecule has 7 nitrogen and oxygen atoms in total. The zero-order valence-corrected chi connectivity index (χ0v) is 13.9. The van der Waals surface area contributed by atoms with Gasteiger partial charge in [-0.15, -0.1) is 0 Å². The van der Waals surface area contributed by atoms with Gasteiger partial charge in [-0.3, -0.25) is 0 Å². The highest BCUT2D eigenvalue weighted by atomic mass is 16.5. The number of nitrogens with two attached hydrogens (primary N) is 1. The third kappa shape index (κ3) is 3.45. The minimum Gasteiger partial charge on any atom is -0.497 e. The van der Waals surface area contributed by atoms with Gasteiger partial charge in [-0.25, -0.2) is 14.8 Å². The Hall–Kier alpha value is -3.35. The molecule has 128 valence electrons. The quantitative estimate of drug-likeness (QED) is 0.714. The molecule has 0 spiro atoms. The number of nitrogen functional groups attached to an aromatic ring is 1. The lowest BCUT2D eigenvalue weighted by atomic mass is 10.2. The number of para-hydroxylation sites is 1. The molecule has 25 heavy (non-hydrogen) atoms. The summed E-state index contributed by atoms with van der Waals surface area (Å²) in [5.41, 5.74) is 6.88. The lowest BCUT2D eigenvalue weighted by Crippen LogP contribution is -2.10. The van der Waals surface area contributed by atoms with E-state index >= 15 is 0 Å². The van der Waals surface area contributed by atoms with E-state index in [0.29, 0.717) is 28.7 Å². The van der Waals surface area contributed by atoms with Crippen molar-refractivity contribution in [1.29, 1.82) is 0 Å². The predicted octanol–water partition coefficient (Wildman–Crippen LogP) is 2.59. The maximum absolute atomic E-state index is 12.4. The Morgan fingerprint density at radius 1 is 1.08 bits per heavy atom. The molecule has 1 heterocycles. The molecule has 0 radical (unpaired) electrons. The van der Waals surface area contributed by atoms with Gasteiger partial charge >= 0.3 is 5.97 Å². The van der Waals surface area contributed by atoms with E-state index in [4.69, 9.17) is 19.9 Å². The van der Waals surface area contributed by atoms with E-state index in [1.807, 2.05) is 24.3 Å². The van der Waals surface area contributed by atoms with E-state index in [0.717, 1.165) is 5.39 Å². The summed E-state index contributed by atoms with van der Waals surface area (Å²) in [7, 11) is 2.99. The standard InChI is InChI=1S/C18H17N3O4/c1-23-11-7-8-15(24-2)13(9-11)18(22)25-10-16-20-14-6-4-3-5-12(14)17(19)21-16/h3-9H,10H2,1-2H3,(H2,19,20,21). The van der Waals surface area contributed by atoms with E-state index in [-0.39, 0.29) is 12.2 Å². The van der Waals surface area contributed by atoms with Crippen LogP contribution in [0.4, 0.5) is 5.82 Å². The van der Waals surface area contributed by atoms with Gasteiger partial charge in [0.2, 0.25) is 0 Å². The molecule has 0 saturated heterocycles. The molecule has 3 aromatic rings. The highest BCUT2D eigenvalue weighted by Gasteiger charge is 2.16. The molecule has 0 aliphatic rings. The Balaban J connectivity index is 1.81. The lowest BCUT2D eigenvalue weighted by molar-refractivity contribution is 0.0458. The van der Waals surface area contributed by atoms with Crippen LogP contribution in [0.25, 0.3) is 10.9 Å². The van der Waals surface area contributed by atoms with Gasteiger partial charge in [0, 0.05) is 5.39 Å². The van der Waals surface area contributed by atoms with Gasteiger partial charge in [0.1, 0.15) is 22.9 Å². The second-order valence-corrected chi connectivity index (χ2v) is 5.18. The summed E-state index contributed by atoms with van der Waals surface area (Å²) in [4.78, 5) is 20.9. The highest BCUT2D eigenvalue weighted by molar-refractivity contribution is 5.93. The average Bonchev–Trinajstić information content (AvgIpc) is 2.65. The number of benzene rings is 2. The maximum Gasteiger partial charge on any atom is 0.342 e. The fourth-order valence-electron chi connectivity index (χ4n) is 2.40. The molecule has 0 amide bonds. The fourth-order valence-corrected chi connectivity index (χ4v) is 2.40. The largest absolute Gasteiger partial charge is 0.497 e. The first-order valence-corrected chi connectivity index (χ1v) is 7.52. The molecule has 0 atom stereocenters. The zero-order valence-electron chi connectivity index (χ0n) is 13.9. The van der Waals surface area contributed by atoms with Crippen molar-refractivity contribution in [3.05, 3.63) is 53.9 Å². The van der Waals surface area contributed by atoms with Crippen molar-refractivity contribution in [1.82, 2.24) is 9.97 Å². The molecule has 0 aliphatic carbocycles. The molecule has 2 N–H and O–H groups in total. The SMILES string of the molecule is COc1ccc(OC)c(C(=O)OCc2nc(N)c3ccccc3n2)c1. The van der Waals surface area contributed by atoms with E-state index in [9.17, 15) is 4.79 Å². The van der Waals surface area contributed by atoms with Crippen molar-refractivity contribution in [2.24, 2.45) is 0 Å². The van der Waals surface area contributed by atoms with Gasteiger partial charge < -0.3 is 19.9 Å². The van der Waals surface area contributed by atoms with E-state index in [1.165, 1.54) is 14.2 Å². The Bertz CT molecular complexity index is 927. The first-order valence-electron chi connectivity index (χ1n) is 7.52. The number of methoxy groups -OCH3 is 2. The Labute approximate surface area is 144 Å². The Kier molecular flexibility index (Phi) is 4.65. The van der Waals surface area contributed by atoms with Crippen molar-refractivity contribution in [2.75, 3.05) is 20.0 Å². The van der Waals surface area contributed by atoms with E-state index in [1.54, 1.807) is 18.2 Å². The van der Waals surface area contributed by atoms with Crippen LogP contribution in [-0.2, 0) is 11.3 Å². The normalized spacial score (nSPS) is 10.5. The van der Waals surface area contributed by atoms with Crippen LogP contribution in [0.3, 0.4) is 0 Å². The lowest BCUT2D eigenvalue weighted by Gasteiger charge is -2.10. The number of esters is 1. The smallest absolute Gasteiger partial charge is 0.342 e. The molecule has 1 aromatic heterocycles. The minimum absolute atomic E-state index is 0.103. The summed E-state index contributed by atoms with van der Waals surface area (Å²) < 4.78 is 15.6. The molecule has 2 aromatic carbocycles. The van der Waals surface area contributed by atoms with Crippen LogP contribution < -0.4 is 15.2 Å². The van der Waals surface area contributed by atoms with Crippen molar-refractivity contribution in [2.45, 2.75) is 6.61 Å². The van der Waals surface area contributed by atoms with Crippen molar-refractivity contribution in [3.63, 3.8) is 0 Å². The zero-order chi connectivity index (χ0) is 17.8. The van der Waals surface area contributed by atoms with Crippen LogP contribution in [0, 0.1) is 0 Å². The number of carbonyl (C=O) groups excluding carboxylic acids is 1. The highest BCUT2D eigenvalue weighted by Crippen LogP contribution is 2.25. The number of carbonyl (C=O) groups is 1. The van der Waals surface area contributed by atoms with Crippen LogP contribution in [0.2, 0.25) is 0 Å². The van der Waals surface area contributed by atoms with E-state index < -0.39 is 5.97 Å². The summed E-state index contributed by atoms with van der Waals surface area (Å²) in [6, 6.07) is 12.3. The number of fused-ring (bicyclic) bond motifs is 1. The van der Waals surface area contributed by atoms with E-state index in [2.05, 4.69) is 9.97 Å². The van der Waals surface area contributed by atoms with Crippen LogP contribution in [0.5, 0.6) is 11.5 Å². The molecule has 3 rings (SSSR count). The predicted molar refractivity (Wildman–Crippen MR) is 92.6 cm³/mol. The molecular weight excluding hydrogens is 322 g/mol. The molecular formula is C18H17N3O4. The second-order valence-electron chi connectivity index (χ2n) is 5.18. The summed E-state index contributed by atoms with van der Waals surface area (Å²) in [6.45, 7) is -0.103. The second kappa shape index (κ2) is 7.04. The number of rotatable bonds is 5. The summed E-state index contributed by atoms with van der Waals surface area (Å²) in [5, 5.41) is 0.757. The molecule has 0 saturated carbocycles. The number of anilines is 1. The monoisotopic (exact) mass is 339 g/mol. The van der Waals surface area contributed by atoms with Gasteiger partial charge in [-0.2, -0.15) is 0 Å². The first kappa shape index (κ1) is 16.5. The molecule has 0 unspecified atom stereocenters. The Morgan fingerprint density at radius 3 is 2.64 bits per heavy atom. The first-order chi connectivity index (χ1) is 12.1. The summed E-state index contributed by atoms with van der Waals surface area (Å²) >= 11 is 0. The van der Waals surface area contributed by atoms with Gasteiger partial charge in [0.05, 0.1) is 19.7 Å². The molecule has 0 bridgehead atoms. The van der Waals surface area contributed by atoms with Gasteiger partial charge in [0.25, 0.3) is 0 Å². The number of hydrogen-bond donors (Lipinski definition) is 1.